The average molecular weight is 302 g/mol. The molecule has 118 valence electrons. The van der Waals surface area contributed by atoms with Crippen LogP contribution in [0, 0.1) is 5.92 Å². The van der Waals surface area contributed by atoms with Gasteiger partial charge in [0, 0.05) is 31.0 Å². The van der Waals surface area contributed by atoms with E-state index in [0.717, 1.165) is 24.0 Å². The highest BCUT2D eigenvalue weighted by atomic mass is 16.5. The molecule has 22 heavy (non-hydrogen) atoms. The summed E-state index contributed by atoms with van der Waals surface area (Å²) in [5.74, 6) is 1.09. The first-order valence-corrected chi connectivity index (χ1v) is 7.53. The molecule has 1 heterocycles. The zero-order chi connectivity index (χ0) is 15.9. The topological polar surface area (TPSA) is 94.0 Å². The smallest absolute Gasteiger partial charge is 0.257 e. The van der Waals surface area contributed by atoms with E-state index in [1.54, 1.807) is 0 Å². The summed E-state index contributed by atoms with van der Waals surface area (Å²) in [4.78, 5) is 15.9. The van der Waals surface area contributed by atoms with Crippen molar-refractivity contribution in [1.29, 1.82) is 0 Å². The number of carbonyl (C=O) groups is 1. The molecule has 2 aromatic rings. The predicted octanol–water partition coefficient (Wildman–Crippen LogP) is 1.55. The number of nitrogens with one attached hydrogen (secondary N) is 1. The van der Waals surface area contributed by atoms with Crippen LogP contribution in [0.1, 0.15) is 25.2 Å². The van der Waals surface area contributed by atoms with Crippen molar-refractivity contribution in [3.63, 3.8) is 0 Å². The molecular formula is C16H22N4O2. The molecule has 1 aromatic carbocycles. The zero-order valence-corrected chi connectivity index (χ0v) is 13.0. The van der Waals surface area contributed by atoms with Gasteiger partial charge in [0.25, 0.3) is 5.89 Å². The molecule has 1 unspecified atom stereocenters. The second-order valence-corrected chi connectivity index (χ2v) is 5.24. The Bertz CT molecular complexity index is 607. The molecule has 1 amide bonds. The van der Waals surface area contributed by atoms with Crippen LogP contribution < -0.4 is 11.1 Å². The van der Waals surface area contributed by atoms with Crippen LogP contribution in [0.4, 0.5) is 0 Å². The van der Waals surface area contributed by atoms with Gasteiger partial charge < -0.3 is 15.6 Å². The van der Waals surface area contributed by atoms with E-state index in [1.807, 2.05) is 38.1 Å². The molecule has 1 atom stereocenters. The van der Waals surface area contributed by atoms with Crippen LogP contribution >= 0.6 is 0 Å². The lowest BCUT2D eigenvalue weighted by molar-refractivity contribution is -0.124. The Labute approximate surface area is 130 Å². The summed E-state index contributed by atoms with van der Waals surface area (Å²) in [5.41, 5.74) is 7.50. The lowest BCUT2D eigenvalue weighted by atomic mass is 10.1. The molecule has 0 radical (unpaired) electrons. The van der Waals surface area contributed by atoms with E-state index in [1.165, 1.54) is 0 Å². The number of aromatic nitrogens is 2. The Morgan fingerprint density at radius 2 is 2.09 bits per heavy atom. The van der Waals surface area contributed by atoms with Crippen molar-refractivity contribution >= 4 is 5.91 Å². The van der Waals surface area contributed by atoms with Crippen LogP contribution in [0.25, 0.3) is 11.5 Å². The summed E-state index contributed by atoms with van der Waals surface area (Å²) in [6.07, 6.45) is 1.52. The summed E-state index contributed by atoms with van der Waals surface area (Å²) in [6.45, 7) is 4.77. The second kappa shape index (κ2) is 7.70. The van der Waals surface area contributed by atoms with Crippen molar-refractivity contribution < 1.29 is 9.32 Å². The van der Waals surface area contributed by atoms with Gasteiger partial charge in [-0.25, -0.2) is 0 Å². The monoisotopic (exact) mass is 302 g/mol. The molecule has 0 aliphatic carbocycles. The number of hydrogen-bond donors (Lipinski definition) is 2. The fourth-order valence-electron chi connectivity index (χ4n) is 1.94. The number of benzene rings is 1. The highest BCUT2D eigenvalue weighted by Crippen LogP contribution is 2.18. The number of carbonyl (C=O) groups excluding carboxylic acids is 1. The molecule has 0 saturated carbocycles. The van der Waals surface area contributed by atoms with Crippen LogP contribution in [0.15, 0.2) is 28.8 Å². The molecule has 0 aliphatic rings. The van der Waals surface area contributed by atoms with Crippen molar-refractivity contribution in [2.45, 2.75) is 26.7 Å². The maximum absolute atomic E-state index is 11.6. The number of nitrogens with zero attached hydrogens (tertiary/aromatic N) is 2. The second-order valence-electron chi connectivity index (χ2n) is 5.24. The molecular weight excluding hydrogens is 280 g/mol. The molecule has 6 nitrogen and oxygen atoms in total. The lowest BCUT2D eigenvalue weighted by Crippen LogP contribution is -2.34. The Hall–Kier alpha value is -2.21. The van der Waals surface area contributed by atoms with Crippen molar-refractivity contribution in [3.05, 3.63) is 35.7 Å². The Morgan fingerprint density at radius 3 is 2.68 bits per heavy atom. The fraction of sp³-hybridized carbons (Fsp3) is 0.438. The van der Waals surface area contributed by atoms with Gasteiger partial charge in [0.2, 0.25) is 5.91 Å². The van der Waals surface area contributed by atoms with E-state index < -0.39 is 0 Å². The molecule has 3 N–H and O–H groups in total. The number of amides is 1. The van der Waals surface area contributed by atoms with Gasteiger partial charge in [-0.2, -0.15) is 4.98 Å². The highest BCUT2D eigenvalue weighted by Gasteiger charge is 2.10. The SMILES string of the molecule is CCc1noc(-c2ccc(CCNC(=O)C(C)CN)cc2)n1. The first kappa shape index (κ1) is 16.2. The number of hydrogen-bond acceptors (Lipinski definition) is 5. The molecule has 0 bridgehead atoms. The van der Waals surface area contributed by atoms with Crippen LogP contribution in [-0.4, -0.2) is 29.1 Å². The zero-order valence-electron chi connectivity index (χ0n) is 13.0. The lowest BCUT2D eigenvalue weighted by Gasteiger charge is -2.09. The van der Waals surface area contributed by atoms with Crippen LogP contribution in [0.5, 0.6) is 0 Å². The minimum Gasteiger partial charge on any atom is -0.355 e. The van der Waals surface area contributed by atoms with Crippen LogP contribution in [-0.2, 0) is 17.6 Å². The van der Waals surface area contributed by atoms with Crippen molar-refractivity contribution in [2.75, 3.05) is 13.1 Å². The van der Waals surface area contributed by atoms with Gasteiger partial charge in [0.15, 0.2) is 5.82 Å². The standard InChI is InChI=1S/C16H22N4O2/c1-3-14-19-16(22-20-14)13-6-4-12(5-7-13)8-9-18-15(21)11(2)10-17/h4-7,11H,3,8-10,17H2,1-2H3,(H,18,21). The third kappa shape index (κ3) is 4.14. The molecule has 0 fully saturated rings. The van der Waals surface area contributed by atoms with E-state index in [0.29, 0.717) is 24.8 Å². The van der Waals surface area contributed by atoms with Gasteiger partial charge in [-0.3, -0.25) is 4.79 Å². The number of rotatable bonds is 7. The minimum atomic E-state index is -0.146. The van der Waals surface area contributed by atoms with E-state index in [9.17, 15) is 4.79 Å². The van der Waals surface area contributed by atoms with Crippen molar-refractivity contribution in [2.24, 2.45) is 11.7 Å². The Kier molecular flexibility index (Phi) is 5.66. The van der Waals surface area contributed by atoms with Gasteiger partial charge in [-0.05, 0) is 24.1 Å². The van der Waals surface area contributed by atoms with Crippen LogP contribution in [0.2, 0.25) is 0 Å². The molecule has 2 rings (SSSR count). The Balaban J connectivity index is 1.88. The first-order chi connectivity index (χ1) is 10.6. The van der Waals surface area contributed by atoms with Gasteiger partial charge in [0.1, 0.15) is 0 Å². The maximum Gasteiger partial charge on any atom is 0.257 e. The van der Waals surface area contributed by atoms with Crippen molar-refractivity contribution in [1.82, 2.24) is 15.5 Å². The first-order valence-electron chi connectivity index (χ1n) is 7.53. The average Bonchev–Trinajstić information content (AvgIpc) is 3.03. The summed E-state index contributed by atoms with van der Waals surface area (Å²) in [5, 5.41) is 6.76. The molecule has 0 spiro atoms. The number of aryl methyl sites for hydroxylation is 1. The summed E-state index contributed by atoms with van der Waals surface area (Å²) < 4.78 is 5.20. The molecule has 6 heteroatoms. The number of nitrogens with two attached hydrogens (primary N) is 1. The molecule has 1 aromatic heterocycles. The molecule has 0 aliphatic heterocycles. The van der Waals surface area contributed by atoms with E-state index in [2.05, 4.69) is 15.5 Å². The summed E-state index contributed by atoms with van der Waals surface area (Å²) >= 11 is 0. The maximum atomic E-state index is 11.6. The van der Waals surface area contributed by atoms with Gasteiger partial charge >= 0.3 is 0 Å². The van der Waals surface area contributed by atoms with E-state index in [4.69, 9.17) is 10.3 Å². The van der Waals surface area contributed by atoms with Crippen molar-refractivity contribution in [3.8, 4) is 11.5 Å². The Morgan fingerprint density at radius 1 is 1.36 bits per heavy atom. The highest BCUT2D eigenvalue weighted by molar-refractivity contribution is 5.78. The summed E-state index contributed by atoms with van der Waals surface area (Å²) in [7, 11) is 0. The van der Waals surface area contributed by atoms with E-state index in [-0.39, 0.29) is 11.8 Å². The van der Waals surface area contributed by atoms with Gasteiger partial charge in [-0.15, -0.1) is 0 Å². The van der Waals surface area contributed by atoms with E-state index >= 15 is 0 Å². The fourth-order valence-corrected chi connectivity index (χ4v) is 1.94. The van der Waals surface area contributed by atoms with Gasteiger partial charge in [0.05, 0.1) is 0 Å². The van der Waals surface area contributed by atoms with Gasteiger partial charge in [-0.1, -0.05) is 31.1 Å². The quantitative estimate of drug-likeness (QED) is 0.809. The summed E-state index contributed by atoms with van der Waals surface area (Å²) in [6, 6.07) is 7.91. The minimum absolute atomic E-state index is 0.00271. The third-order valence-electron chi connectivity index (χ3n) is 3.50. The van der Waals surface area contributed by atoms with Crippen LogP contribution in [0.3, 0.4) is 0 Å². The molecule has 0 saturated heterocycles. The third-order valence-corrected chi connectivity index (χ3v) is 3.50. The normalized spacial score (nSPS) is 12.1. The largest absolute Gasteiger partial charge is 0.355 e. The predicted molar refractivity (Wildman–Crippen MR) is 84.0 cm³/mol.